The third-order valence-electron chi connectivity index (χ3n) is 4.76. The van der Waals surface area contributed by atoms with Crippen LogP contribution in [0.25, 0.3) is 11.1 Å². The van der Waals surface area contributed by atoms with Crippen molar-refractivity contribution < 1.29 is 17.9 Å². The van der Waals surface area contributed by atoms with E-state index in [0.29, 0.717) is 16.7 Å². The molecule has 37 heavy (non-hydrogen) atoms. The van der Waals surface area contributed by atoms with Crippen molar-refractivity contribution in [2.75, 3.05) is 24.2 Å². The van der Waals surface area contributed by atoms with Crippen molar-refractivity contribution >= 4 is 43.7 Å². The van der Waals surface area contributed by atoms with E-state index in [1.807, 2.05) is 18.4 Å². The molecule has 14 heteroatoms. The number of hydrogen-bond donors (Lipinski definition) is 2. The maximum absolute atomic E-state index is 12.8. The van der Waals surface area contributed by atoms with E-state index in [-0.39, 0.29) is 37.5 Å². The Labute approximate surface area is 226 Å². The molecule has 0 atom stereocenters. The smallest absolute Gasteiger partial charge is 0.316 e. The Bertz CT molecular complexity index is 1410. The van der Waals surface area contributed by atoms with Gasteiger partial charge in [-0.2, -0.15) is 13.1 Å². The van der Waals surface area contributed by atoms with Crippen LogP contribution in [0.3, 0.4) is 0 Å². The van der Waals surface area contributed by atoms with Crippen LogP contribution in [0.15, 0.2) is 76.9 Å². The van der Waals surface area contributed by atoms with Crippen LogP contribution in [0.1, 0.15) is 5.56 Å². The summed E-state index contributed by atoms with van der Waals surface area (Å²) < 4.78 is 42.8. The van der Waals surface area contributed by atoms with Gasteiger partial charge in [0.25, 0.3) is 0 Å². The molecular formula is C23H22BrN7O4S2. The van der Waals surface area contributed by atoms with Gasteiger partial charge in [0, 0.05) is 40.7 Å². The molecule has 0 fully saturated rings. The lowest BCUT2D eigenvalue weighted by Crippen LogP contribution is -2.30. The van der Waals surface area contributed by atoms with Gasteiger partial charge in [0.05, 0.1) is 5.56 Å². The van der Waals surface area contributed by atoms with Crippen LogP contribution in [0, 0.1) is 0 Å². The summed E-state index contributed by atoms with van der Waals surface area (Å²) in [7, 11) is -3.98. The van der Waals surface area contributed by atoms with E-state index in [2.05, 4.69) is 50.3 Å². The zero-order chi connectivity index (χ0) is 26.1. The first-order valence-electron chi connectivity index (χ1n) is 10.8. The Morgan fingerprint density at radius 1 is 0.973 bits per heavy atom. The zero-order valence-electron chi connectivity index (χ0n) is 19.5. The van der Waals surface area contributed by atoms with Gasteiger partial charge in [0.1, 0.15) is 19.5 Å². The van der Waals surface area contributed by atoms with Crippen LogP contribution >= 0.6 is 27.7 Å². The number of rotatable bonds is 12. The van der Waals surface area contributed by atoms with Crippen LogP contribution < -0.4 is 18.9 Å². The lowest BCUT2D eigenvalue weighted by molar-refractivity contribution is 0.201. The molecule has 11 nitrogen and oxygen atoms in total. The Hall–Kier alpha value is -3.33. The van der Waals surface area contributed by atoms with Gasteiger partial charge in [-0.1, -0.05) is 34.1 Å². The summed E-state index contributed by atoms with van der Waals surface area (Å²) in [6.45, 7) is 0.318. The Morgan fingerprint density at radius 3 is 2.43 bits per heavy atom. The largest absolute Gasteiger partial charge is 0.473 e. The van der Waals surface area contributed by atoms with Gasteiger partial charge in [0.2, 0.25) is 5.88 Å². The van der Waals surface area contributed by atoms with Crippen molar-refractivity contribution in [3.63, 3.8) is 0 Å². The number of nitrogens with one attached hydrogen (secondary N) is 2. The predicted molar refractivity (Wildman–Crippen MR) is 144 cm³/mol. The maximum Gasteiger partial charge on any atom is 0.316 e. The fourth-order valence-corrected chi connectivity index (χ4v) is 4.45. The summed E-state index contributed by atoms with van der Waals surface area (Å²) in [5.41, 5.74) is 1.74. The minimum atomic E-state index is -3.98. The van der Waals surface area contributed by atoms with Gasteiger partial charge in [-0.3, -0.25) is 9.71 Å². The first-order chi connectivity index (χ1) is 17.9. The van der Waals surface area contributed by atoms with Crippen LogP contribution in [0.4, 0.5) is 5.82 Å². The molecule has 1 aromatic carbocycles. The van der Waals surface area contributed by atoms with Crippen molar-refractivity contribution in [2.45, 2.75) is 11.4 Å². The SMILES string of the molecule is CSc1cnc(OCCOc2ncnc(NS(=O)(=O)NCc3cccnc3)c2-c2ccc(Br)cc2)nc1. The van der Waals surface area contributed by atoms with Gasteiger partial charge in [-0.25, -0.2) is 19.9 Å². The van der Waals surface area contributed by atoms with E-state index in [1.54, 1.807) is 49.1 Å². The summed E-state index contributed by atoms with van der Waals surface area (Å²) >= 11 is 4.94. The summed E-state index contributed by atoms with van der Waals surface area (Å²) in [6.07, 6.45) is 9.69. The van der Waals surface area contributed by atoms with Gasteiger partial charge < -0.3 is 9.47 Å². The predicted octanol–water partition coefficient (Wildman–Crippen LogP) is 3.72. The Balaban J connectivity index is 1.50. The van der Waals surface area contributed by atoms with Crippen LogP contribution in [-0.2, 0) is 16.8 Å². The third-order valence-corrected chi connectivity index (χ3v) is 6.96. The van der Waals surface area contributed by atoms with E-state index < -0.39 is 10.2 Å². The number of halogens is 1. The lowest BCUT2D eigenvalue weighted by Gasteiger charge is -2.16. The average molecular weight is 605 g/mol. The lowest BCUT2D eigenvalue weighted by atomic mass is 10.1. The van der Waals surface area contributed by atoms with Gasteiger partial charge in [-0.15, -0.1) is 11.8 Å². The number of hydrogen-bond acceptors (Lipinski definition) is 10. The summed E-state index contributed by atoms with van der Waals surface area (Å²) in [5.74, 6) is 0.243. The minimum absolute atomic E-state index is 0.0581. The number of aromatic nitrogens is 5. The van der Waals surface area contributed by atoms with E-state index in [9.17, 15) is 8.42 Å². The van der Waals surface area contributed by atoms with Gasteiger partial charge >= 0.3 is 16.2 Å². The van der Waals surface area contributed by atoms with Crippen LogP contribution in [0.5, 0.6) is 11.9 Å². The van der Waals surface area contributed by atoms with Gasteiger partial charge in [0.15, 0.2) is 5.82 Å². The second-order valence-electron chi connectivity index (χ2n) is 7.30. The van der Waals surface area contributed by atoms with Crippen molar-refractivity contribution in [1.82, 2.24) is 29.6 Å². The molecule has 0 radical (unpaired) electrons. The molecule has 192 valence electrons. The fraction of sp³-hybridized carbons (Fsp3) is 0.174. The molecule has 0 aliphatic rings. The van der Waals surface area contributed by atoms with Crippen molar-refractivity contribution in [3.8, 4) is 23.0 Å². The number of nitrogens with zero attached hydrogens (tertiary/aromatic N) is 5. The highest BCUT2D eigenvalue weighted by Gasteiger charge is 2.20. The normalized spacial score (nSPS) is 11.2. The molecule has 0 spiro atoms. The van der Waals surface area contributed by atoms with E-state index in [0.717, 1.165) is 9.37 Å². The highest BCUT2D eigenvalue weighted by molar-refractivity contribution is 9.10. The van der Waals surface area contributed by atoms with E-state index in [1.165, 1.54) is 18.1 Å². The minimum Gasteiger partial charge on any atom is -0.473 e. The fourth-order valence-electron chi connectivity index (χ4n) is 3.03. The molecule has 0 bridgehead atoms. The molecule has 2 N–H and O–H groups in total. The molecule has 3 heterocycles. The molecule has 0 amide bonds. The third kappa shape index (κ3) is 7.82. The average Bonchev–Trinajstić information content (AvgIpc) is 2.91. The standard InChI is InChI=1S/C23H22BrN7O4S2/c1-36-19-13-26-23(27-14-19)35-10-9-34-22-20(17-4-6-18(24)7-5-17)21(28-15-29-22)31-37(32,33)30-12-16-3-2-8-25-11-16/h2-8,11,13-15,30H,9-10,12H2,1H3,(H,28,29,31). The number of thioether (sulfide) groups is 1. The monoisotopic (exact) mass is 603 g/mol. The second-order valence-corrected chi connectivity index (χ2v) is 10.6. The molecule has 0 unspecified atom stereocenters. The van der Waals surface area contributed by atoms with Crippen molar-refractivity contribution in [1.29, 1.82) is 0 Å². The van der Waals surface area contributed by atoms with Crippen molar-refractivity contribution in [3.05, 3.63) is 77.5 Å². The second kappa shape index (κ2) is 12.8. The molecule has 4 rings (SSSR count). The molecular weight excluding hydrogens is 582 g/mol. The first-order valence-corrected chi connectivity index (χ1v) is 14.3. The number of ether oxygens (including phenoxy) is 2. The summed E-state index contributed by atoms with van der Waals surface area (Å²) in [4.78, 5) is 21.6. The molecule has 0 aliphatic heterocycles. The zero-order valence-corrected chi connectivity index (χ0v) is 22.8. The molecule has 3 aromatic heterocycles. The number of benzene rings is 1. The number of pyridine rings is 1. The molecule has 0 saturated heterocycles. The Morgan fingerprint density at radius 2 is 1.73 bits per heavy atom. The molecule has 0 saturated carbocycles. The highest BCUT2D eigenvalue weighted by atomic mass is 79.9. The summed E-state index contributed by atoms with van der Waals surface area (Å²) in [5, 5.41) is 0. The molecule has 4 aromatic rings. The highest BCUT2D eigenvalue weighted by Crippen LogP contribution is 2.35. The van der Waals surface area contributed by atoms with E-state index >= 15 is 0 Å². The maximum atomic E-state index is 12.8. The Kier molecular flexibility index (Phi) is 9.22. The number of anilines is 1. The first kappa shape index (κ1) is 26.7. The molecule has 0 aliphatic carbocycles. The van der Waals surface area contributed by atoms with Crippen LogP contribution in [-0.4, -0.2) is 52.8 Å². The topological polar surface area (TPSA) is 141 Å². The van der Waals surface area contributed by atoms with E-state index in [4.69, 9.17) is 9.47 Å². The van der Waals surface area contributed by atoms with Gasteiger partial charge in [-0.05, 0) is 35.6 Å². The van der Waals surface area contributed by atoms with Crippen LogP contribution in [0.2, 0.25) is 0 Å². The summed E-state index contributed by atoms with van der Waals surface area (Å²) in [6, 6.07) is 11.0. The van der Waals surface area contributed by atoms with Crippen molar-refractivity contribution in [2.24, 2.45) is 0 Å². The quantitative estimate of drug-likeness (QED) is 0.182.